The molecule has 1 aromatic heterocycles. The van der Waals surface area contributed by atoms with E-state index in [4.69, 9.17) is 0 Å². The van der Waals surface area contributed by atoms with Crippen LogP contribution in [-0.4, -0.2) is 70.7 Å². The first-order valence-corrected chi connectivity index (χ1v) is 7.39. The van der Waals surface area contributed by atoms with Gasteiger partial charge in [-0.2, -0.15) is 0 Å². The van der Waals surface area contributed by atoms with Crippen LogP contribution in [0.1, 0.15) is 13.8 Å². The minimum atomic E-state index is -0.311. The smallest absolute Gasteiger partial charge is 0.238 e. The molecule has 1 aliphatic rings. The number of anilines is 1. The largest absolute Gasteiger partial charge is 0.392 e. The number of nitrogens with zero attached hydrogens (tertiary/aromatic N) is 3. The van der Waals surface area contributed by atoms with E-state index in [0.717, 1.165) is 25.3 Å². The van der Waals surface area contributed by atoms with E-state index in [1.165, 1.54) is 0 Å². The zero-order valence-corrected chi connectivity index (χ0v) is 12.7. The number of rotatable bonds is 5. The summed E-state index contributed by atoms with van der Waals surface area (Å²) in [6, 6.07) is 3.91. The van der Waals surface area contributed by atoms with Gasteiger partial charge in [-0.05, 0) is 26.0 Å². The average molecular weight is 292 g/mol. The standard InChI is InChI=1S/C15H24N4O2/c1-12-9-18(7-8-19(12)10-13(2)20)11-15(21)17-14-3-5-16-6-4-14/h3-6,12-13,20H,7-11H2,1-2H3,(H,16,17,21)/t12-,13+/m1/s1. The van der Waals surface area contributed by atoms with E-state index in [1.54, 1.807) is 31.5 Å². The van der Waals surface area contributed by atoms with E-state index in [-0.39, 0.29) is 12.0 Å². The summed E-state index contributed by atoms with van der Waals surface area (Å²) in [6.07, 6.45) is 3.01. The number of piperazine rings is 1. The molecule has 116 valence electrons. The summed E-state index contributed by atoms with van der Waals surface area (Å²) >= 11 is 0. The maximum absolute atomic E-state index is 12.0. The third-order valence-corrected chi connectivity index (χ3v) is 3.68. The molecule has 0 unspecified atom stereocenters. The van der Waals surface area contributed by atoms with E-state index in [9.17, 15) is 9.90 Å². The number of amides is 1. The van der Waals surface area contributed by atoms with Crippen LogP contribution in [0, 0.1) is 0 Å². The van der Waals surface area contributed by atoms with E-state index >= 15 is 0 Å². The first-order valence-electron chi connectivity index (χ1n) is 7.39. The van der Waals surface area contributed by atoms with Gasteiger partial charge in [0.15, 0.2) is 0 Å². The molecule has 1 aliphatic heterocycles. The fraction of sp³-hybridized carbons (Fsp3) is 0.600. The van der Waals surface area contributed by atoms with Gasteiger partial charge in [0.2, 0.25) is 5.91 Å². The molecular weight excluding hydrogens is 268 g/mol. The van der Waals surface area contributed by atoms with Gasteiger partial charge in [0.05, 0.1) is 12.6 Å². The van der Waals surface area contributed by atoms with Crippen LogP contribution in [0.15, 0.2) is 24.5 Å². The van der Waals surface area contributed by atoms with Gasteiger partial charge in [0.1, 0.15) is 0 Å². The minimum Gasteiger partial charge on any atom is -0.392 e. The SMILES string of the molecule is C[C@H](O)CN1CCN(CC(=O)Nc2ccncc2)C[C@H]1C. The highest BCUT2D eigenvalue weighted by atomic mass is 16.3. The fourth-order valence-electron chi connectivity index (χ4n) is 2.66. The summed E-state index contributed by atoms with van der Waals surface area (Å²) < 4.78 is 0. The zero-order valence-electron chi connectivity index (χ0n) is 12.7. The third-order valence-electron chi connectivity index (χ3n) is 3.68. The molecule has 1 amide bonds. The molecule has 0 aromatic carbocycles. The Kier molecular flexibility index (Phi) is 5.67. The van der Waals surface area contributed by atoms with E-state index in [1.807, 2.05) is 0 Å². The number of hydrogen-bond donors (Lipinski definition) is 2. The van der Waals surface area contributed by atoms with E-state index in [2.05, 4.69) is 27.0 Å². The molecule has 2 atom stereocenters. The van der Waals surface area contributed by atoms with Crippen molar-refractivity contribution in [1.82, 2.24) is 14.8 Å². The Balaban J connectivity index is 1.78. The van der Waals surface area contributed by atoms with Crippen molar-refractivity contribution in [2.24, 2.45) is 0 Å². The van der Waals surface area contributed by atoms with Crippen molar-refractivity contribution in [1.29, 1.82) is 0 Å². The lowest BCUT2D eigenvalue weighted by Gasteiger charge is -2.40. The van der Waals surface area contributed by atoms with Crippen molar-refractivity contribution in [3.63, 3.8) is 0 Å². The Morgan fingerprint density at radius 3 is 2.81 bits per heavy atom. The summed E-state index contributed by atoms with van der Waals surface area (Å²) in [5, 5.41) is 12.3. The lowest BCUT2D eigenvalue weighted by atomic mass is 10.1. The molecule has 0 aliphatic carbocycles. The fourth-order valence-corrected chi connectivity index (χ4v) is 2.66. The van der Waals surface area contributed by atoms with Crippen molar-refractivity contribution in [3.8, 4) is 0 Å². The Morgan fingerprint density at radius 2 is 2.19 bits per heavy atom. The normalized spacial score (nSPS) is 22.0. The summed E-state index contributed by atoms with van der Waals surface area (Å²) in [5.74, 6) is -0.00243. The molecule has 0 bridgehead atoms. The Labute approximate surface area is 125 Å². The number of nitrogens with one attached hydrogen (secondary N) is 1. The monoisotopic (exact) mass is 292 g/mol. The number of carbonyl (C=O) groups is 1. The maximum Gasteiger partial charge on any atom is 0.238 e. The second-order valence-electron chi connectivity index (χ2n) is 5.71. The molecule has 0 radical (unpaired) electrons. The second-order valence-corrected chi connectivity index (χ2v) is 5.71. The second kappa shape index (κ2) is 7.49. The Morgan fingerprint density at radius 1 is 1.48 bits per heavy atom. The van der Waals surface area contributed by atoms with Gasteiger partial charge in [-0.25, -0.2) is 0 Å². The number of aliphatic hydroxyl groups excluding tert-OH is 1. The van der Waals surface area contributed by atoms with Crippen LogP contribution in [0.4, 0.5) is 5.69 Å². The van der Waals surface area contributed by atoms with Gasteiger partial charge in [-0.1, -0.05) is 0 Å². The van der Waals surface area contributed by atoms with E-state index in [0.29, 0.717) is 19.1 Å². The first kappa shape index (κ1) is 15.9. The van der Waals surface area contributed by atoms with Gasteiger partial charge < -0.3 is 10.4 Å². The Bertz CT molecular complexity index is 452. The van der Waals surface area contributed by atoms with Gasteiger partial charge in [0, 0.05) is 50.3 Å². The molecule has 1 aromatic rings. The minimum absolute atomic E-state index is 0.00243. The number of β-amino-alcohol motifs (C(OH)–C–C–N with tert-alkyl or cyclic N) is 1. The van der Waals surface area contributed by atoms with Gasteiger partial charge in [-0.3, -0.25) is 19.6 Å². The quantitative estimate of drug-likeness (QED) is 0.822. The molecule has 0 saturated carbocycles. The molecule has 6 heteroatoms. The topological polar surface area (TPSA) is 68.7 Å². The lowest BCUT2D eigenvalue weighted by molar-refractivity contribution is -0.118. The van der Waals surface area contributed by atoms with Gasteiger partial charge in [0.25, 0.3) is 0 Å². The van der Waals surface area contributed by atoms with Crippen LogP contribution in [0.3, 0.4) is 0 Å². The van der Waals surface area contributed by atoms with Crippen LogP contribution in [0.25, 0.3) is 0 Å². The van der Waals surface area contributed by atoms with Gasteiger partial charge in [-0.15, -0.1) is 0 Å². The number of hydrogen-bond acceptors (Lipinski definition) is 5. The number of carbonyl (C=O) groups excluding carboxylic acids is 1. The number of aliphatic hydroxyl groups is 1. The van der Waals surface area contributed by atoms with Crippen LogP contribution in [0.5, 0.6) is 0 Å². The summed E-state index contributed by atoms with van der Waals surface area (Å²) in [6.45, 7) is 7.61. The molecule has 6 nitrogen and oxygen atoms in total. The zero-order chi connectivity index (χ0) is 15.2. The van der Waals surface area contributed by atoms with E-state index < -0.39 is 0 Å². The average Bonchev–Trinajstić information content (AvgIpc) is 2.42. The third kappa shape index (κ3) is 5.08. The summed E-state index contributed by atoms with van der Waals surface area (Å²) in [4.78, 5) is 20.4. The van der Waals surface area contributed by atoms with Crippen LogP contribution in [0.2, 0.25) is 0 Å². The van der Waals surface area contributed by atoms with Crippen molar-refractivity contribution in [2.45, 2.75) is 26.0 Å². The molecule has 2 heterocycles. The summed E-state index contributed by atoms with van der Waals surface area (Å²) in [5.41, 5.74) is 0.774. The molecule has 2 N–H and O–H groups in total. The predicted molar refractivity (Wildman–Crippen MR) is 82.0 cm³/mol. The van der Waals surface area contributed by atoms with Crippen molar-refractivity contribution < 1.29 is 9.90 Å². The summed E-state index contributed by atoms with van der Waals surface area (Å²) in [7, 11) is 0. The van der Waals surface area contributed by atoms with Crippen molar-refractivity contribution >= 4 is 11.6 Å². The number of aromatic nitrogens is 1. The molecule has 2 rings (SSSR count). The highest BCUT2D eigenvalue weighted by Crippen LogP contribution is 2.10. The van der Waals surface area contributed by atoms with Crippen LogP contribution in [-0.2, 0) is 4.79 Å². The molecule has 1 saturated heterocycles. The predicted octanol–water partition coefficient (Wildman–Crippen LogP) is 0.407. The maximum atomic E-state index is 12.0. The van der Waals surface area contributed by atoms with Gasteiger partial charge >= 0.3 is 0 Å². The number of pyridine rings is 1. The van der Waals surface area contributed by atoms with Crippen molar-refractivity contribution in [3.05, 3.63) is 24.5 Å². The molecule has 0 spiro atoms. The lowest BCUT2D eigenvalue weighted by Crippen LogP contribution is -2.54. The Hall–Kier alpha value is -1.50. The molecule has 21 heavy (non-hydrogen) atoms. The van der Waals surface area contributed by atoms with Crippen LogP contribution < -0.4 is 5.32 Å². The van der Waals surface area contributed by atoms with Crippen LogP contribution >= 0.6 is 0 Å². The highest BCUT2D eigenvalue weighted by molar-refractivity contribution is 5.92. The van der Waals surface area contributed by atoms with Crippen molar-refractivity contribution in [2.75, 3.05) is 38.0 Å². The molecule has 1 fully saturated rings. The first-order chi connectivity index (χ1) is 10.0. The molecular formula is C15H24N4O2. The highest BCUT2D eigenvalue weighted by Gasteiger charge is 2.25.